The molecule has 1 N–H and O–H groups in total. The smallest absolute Gasteiger partial charge is 0.412 e. The summed E-state index contributed by atoms with van der Waals surface area (Å²) >= 11 is 3.60. The second kappa shape index (κ2) is 10.5. The lowest BCUT2D eigenvalue weighted by atomic mass is 9.71. The highest BCUT2D eigenvalue weighted by Gasteiger charge is 2.40. The molecule has 2 aromatic heterocycles. The molecular weight excluding hydrogens is 546 g/mol. The lowest BCUT2D eigenvalue weighted by molar-refractivity contribution is 0.0525. The van der Waals surface area contributed by atoms with Gasteiger partial charge in [-0.2, -0.15) is 0 Å². The standard InChI is InChI=1S/C30H28BrN3O4/c1-4-37-28(35)22-17-24(31)27-32-25(26(34(27)18-22)21-9-6-5-7-10-21)20-11-13-23(14-12-20)30(15-8-16-30)33-29(36)38-19(2)3/h5-7,9-14,17-18H,2,4,8,15-16H2,1,3H3,(H,33,36). The molecule has 2 aromatic carbocycles. The van der Waals surface area contributed by atoms with Crippen LogP contribution in [-0.2, 0) is 15.0 Å². The molecular formula is C30H28BrN3O4. The van der Waals surface area contributed by atoms with E-state index in [1.165, 1.54) is 0 Å². The maximum atomic E-state index is 12.5. The van der Waals surface area contributed by atoms with Crippen LogP contribution in [0.1, 0.15) is 49.0 Å². The molecule has 1 saturated carbocycles. The highest BCUT2D eigenvalue weighted by molar-refractivity contribution is 9.10. The van der Waals surface area contributed by atoms with Crippen molar-refractivity contribution >= 4 is 33.6 Å². The van der Waals surface area contributed by atoms with Crippen LogP contribution in [0, 0.1) is 0 Å². The average Bonchev–Trinajstić information content (AvgIpc) is 3.27. The summed E-state index contributed by atoms with van der Waals surface area (Å²) < 4.78 is 13.0. The van der Waals surface area contributed by atoms with Gasteiger partial charge in [-0.15, -0.1) is 0 Å². The maximum Gasteiger partial charge on any atom is 0.412 e. The molecule has 1 fully saturated rings. The molecule has 7 nitrogen and oxygen atoms in total. The first kappa shape index (κ1) is 25.7. The van der Waals surface area contributed by atoms with Crippen molar-refractivity contribution in [1.82, 2.24) is 14.7 Å². The number of alkyl carbamates (subject to hydrolysis) is 1. The fourth-order valence-corrected chi connectivity index (χ4v) is 5.37. The first-order valence-corrected chi connectivity index (χ1v) is 13.3. The Kier molecular flexibility index (Phi) is 7.08. The van der Waals surface area contributed by atoms with E-state index in [-0.39, 0.29) is 0 Å². The topological polar surface area (TPSA) is 81.9 Å². The fourth-order valence-electron chi connectivity index (χ4n) is 4.85. The van der Waals surface area contributed by atoms with Gasteiger partial charge in [-0.1, -0.05) is 61.2 Å². The minimum absolute atomic E-state index is 0.294. The highest BCUT2D eigenvalue weighted by atomic mass is 79.9. The van der Waals surface area contributed by atoms with E-state index in [1.807, 2.05) is 59.0 Å². The first-order chi connectivity index (χ1) is 18.3. The molecule has 0 spiro atoms. The summed E-state index contributed by atoms with van der Waals surface area (Å²) in [6.45, 7) is 7.37. The van der Waals surface area contributed by atoms with E-state index in [4.69, 9.17) is 14.5 Å². The number of nitrogens with zero attached hydrogens (tertiary/aromatic N) is 2. The molecule has 38 heavy (non-hydrogen) atoms. The number of esters is 1. The molecule has 0 bridgehead atoms. The van der Waals surface area contributed by atoms with Crippen LogP contribution in [0.5, 0.6) is 0 Å². The summed E-state index contributed by atoms with van der Waals surface area (Å²) in [5.74, 6) is -0.0397. The number of nitrogens with one attached hydrogen (secondary N) is 1. The molecule has 5 rings (SSSR count). The number of hydrogen-bond donors (Lipinski definition) is 1. The Morgan fingerprint density at radius 2 is 1.82 bits per heavy atom. The molecule has 1 amide bonds. The maximum absolute atomic E-state index is 12.5. The Morgan fingerprint density at radius 1 is 1.11 bits per heavy atom. The van der Waals surface area contributed by atoms with E-state index in [0.717, 1.165) is 47.3 Å². The Balaban J connectivity index is 1.59. The van der Waals surface area contributed by atoms with Gasteiger partial charge in [0.05, 0.1) is 39.3 Å². The Labute approximate surface area is 229 Å². The average molecular weight is 574 g/mol. The van der Waals surface area contributed by atoms with Crippen molar-refractivity contribution in [3.8, 4) is 22.5 Å². The van der Waals surface area contributed by atoms with Crippen molar-refractivity contribution < 1.29 is 19.1 Å². The monoisotopic (exact) mass is 573 g/mol. The minimum atomic E-state index is -0.491. The summed E-state index contributed by atoms with van der Waals surface area (Å²) in [6, 6.07) is 19.8. The number of benzene rings is 2. The van der Waals surface area contributed by atoms with Crippen LogP contribution in [0.3, 0.4) is 0 Å². The van der Waals surface area contributed by atoms with E-state index >= 15 is 0 Å². The molecule has 2 heterocycles. The predicted molar refractivity (Wildman–Crippen MR) is 150 cm³/mol. The molecule has 1 aliphatic rings. The SMILES string of the molecule is C=C(C)OC(=O)NC1(c2ccc(-c3nc4c(Br)cc(C(=O)OCC)cn4c3-c3ccccc3)cc2)CCC1. The van der Waals surface area contributed by atoms with E-state index in [1.54, 1.807) is 26.1 Å². The van der Waals surface area contributed by atoms with Crippen LogP contribution >= 0.6 is 15.9 Å². The summed E-state index contributed by atoms with van der Waals surface area (Å²) in [7, 11) is 0. The van der Waals surface area contributed by atoms with Gasteiger partial charge in [-0.3, -0.25) is 4.40 Å². The number of aromatic nitrogens is 2. The van der Waals surface area contributed by atoms with Crippen molar-refractivity contribution in [3.05, 3.63) is 94.8 Å². The van der Waals surface area contributed by atoms with Gasteiger partial charge in [-0.05, 0) is 60.7 Å². The summed E-state index contributed by atoms with van der Waals surface area (Å²) in [5, 5.41) is 3.04. The Bertz CT molecular complexity index is 1520. The van der Waals surface area contributed by atoms with Crippen molar-refractivity contribution in [2.45, 2.75) is 38.6 Å². The highest BCUT2D eigenvalue weighted by Crippen LogP contribution is 2.42. The van der Waals surface area contributed by atoms with E-state index < -0.39 is 17.6 Å². The third kappa shape index (κ3) is 4.84. The summed E-state index contributed by atoms with van der Waals surface area (Å²) in [5.41, 5.74) is 5.21. The Hall–Kier alpha value is -3.91. The predicted octanol–water partition coefficient (Wildman–Crippen LogP) is 7.25. The zero-order chi connectivity index (χ0) is 26.9. The van der Waals surface area contributed by atoms with Gasteiger partial charge in [0.1, 0.15) is 0 Å². The van der Waals surface area contributed by atoms with Crippen molar-refractivity contribution in [2.75, 3.05) is 6.61 Å². The largest absolute Gasteiger partial charge is 0.462 e. The van der Waals surface area contributed by atoms with Crippen LogP contribution in [0.4, 0.5) is 4.79 Å². The second-order valence-corrected chi connectivity index (χ2v) is 10.2. The number of ether oxygens (including phenoxy) is 2. The van der Waals surface area contributed by atoms with Crippen LogP contribution in [0.25, 0.3) is 28.2 Å². The van der Waals surface area contributed by atoms with Gasteiger partial charge in [0.15, 0.2) is 5.65 Å². The molecule has 0 unspecified atom stereocenters. The molecule has 8 heteroatoms. The van der Waals surface area contributed by atoms with Crippen molar-refractivity contribution in [2.24, 2.45) is 0 Å². The van der Waals surface area contributed by atoms with Crippen molar-refractivity contribution in [3.63, 3.8) is 0 Å². The molecule has 0 saturated heterocycles. The molecule has 4 aromatic rings. The number of fused-ring (bicyclic) bond motifs is 1. The number of rotatable bonds is 7. The second-order valence-electron chi connectivity index (χ2n) is 9.40. The minimum Gasteiger partial charge on any atom is -0.462 e. The van der Waals surface area contributed by atoms with Gasteiger partial charge in [-0.25, -0.2) is 14.6 Å². The first-order valence-electron chi connectivity index (χ1n) is 12.5. The van der Waals surface area contributed by atoms with Crippen molar-refractivity contribution in [1.29, 1.82) is 0 Å². The number of allylic oxidation sites excluding steroid dienone is 1. The lowest BCUT2D eigenvalue weighted by Crippen LogP contribution is -2.50. The van der Waals surface area contributed by atoms with E-state index in [0.29, 0.717) is 28.0 Å². The van der Waals surface area contributed by atoms with Gasteiger partial charge in [0, 0.05) is 17.3 Å². The number of halogens is 1. The third-order valence-electron chi connectivity index (χ3n) is 6.76. The van der Waals surface area contributed by atoms with Gasteiger partial charge in [0.25, 0.3) is 0 Å². The number of hydrogen-bond acceptors (Lipinski definition) is 5. The van der Waals surface area contributed by atoms with Crippen LogP contribution in [0.2, 0.25) is 0 Å². The normalized spacial score (nSPS) is 14.0. The van der Waals surface area contributed by atoms with Gasteiger partial charge < -0.3 is 14.8 Å². The van der Waals surface area contributed by atoms with E-state index in [9.17, 15) is 9.59 Å². The Morgan fingerprint density at radius 3 is 2.42 bits per heavy atom. The zero-order valence-corrected chi connectivity index (χ0v) is 22.9. The summed E-state index contributed by atoms with van der Waals surface area (Å²) in [6.07, 6.45) is 3.98. The number of carbonyl (C=O) groups is 2. The van der Waals surface area contributed by atoms with E-state index in [2.05, 4.69) is 27.8 Å². The number of pyridine rings is 1. The van der Waals surface area contributed by atoms with Crippen LogP contribution in [0.15, 0.2) is 83.7 Å². The number of amides is 1. The number of carbonyl (C=O) groups excluding carboxylic acids is 2. The van der Waals surface area contributed by atoms with Crippen LogP contribution in [-0.4, -0.2) is 28.1 Å². The fraction of sp³-hybridized carbons (Fsp3) is 0.233. The third-order valence-corrected chi connectivity index (χ3v) is 7.34. The van der Waals surface area contributed by atoms with Crippen LogP contribution < -0.4 is 5.32 Å². The lowest BCUT2D eigenvalue weighted by Gasteiger charge is -2.42. The number of imidazole rings is 1. The van der Waals surface area contributed by atoms with Gasteiger partial charge >= 0.3 is 12.1 Å². The molecule has 194 valence electrons. The molecule has 0 aliphatic heterocycles. The van der Waals surface area contributed by atoms with Gasteiger partial charge in [0.2, 0.25) is 0 Å². The molecule has 1 aliphatic carbocycles. The zero-order valence-electron chi connectivity index (χ0n) is 21.3. The molecule has 0 atom stereocenters. The summed E-state index contributed by atoms with van der Waals surface area (Å²) in [4.78, 5) is 29.9. The molecule has 0 radical (unpaired) electrons. The quantitative estimate of drug-likeness (QED) is 0.186.